The molecule has 0 fully saturated rings. The normalized spacial score (nSPS) is 10.5. The van der Waals surface area contributed by atoms with Crippen molar-refractivity contribution in [2.24, 2.45) is 0 Å². The summed E-state index contributed by atoms with van der Waals surface area (Å²) in [7, 11) is 1.16. The number of aromatic amines is 1. The number of ether oxygens (including phenoxy) is 1. The van der Waals surface area contributed by atoms with Gasteiger partial charge in [0, 0.05) is 6.07 Å². The second kappa shape index (κ2) is 4.73. The summed E-state index contributed by atoms with van der Waals surface area (Å²) in [4.78, 5) is 24.0. The van der Waals surface area contributed by atoms with Crippen LogP contribution in [0.5, 0.6) is 5.88 Å². The number of halogens is 2. The molecule has 1 aromatic rings. The molecule has 0 aliphatic carbocycles. The number of hydrogen-bond acceptors (Lipinski definition) is 3. The first-order valence-electron chi connectivity index (χ1n) is 4.25. The van der Waals surface area contributed by atoms with Gasteiger partial charge in [0.05, 0.1) is 24.8 Å². The minimum absolute atomic E-state index is 0.181. The van der Waals surface area contributed by atoms with Crippen molar-refractivity contribution in [2.45, 2.75) is 12.8 Å². The molecule has 0 radical (unpaired) electrons. The molecule has 0 bridgehead atoms. The largest absolute Gasteiger partial charge is 0.482 e. The Balaban J connectivity index is 3.28. The van der Waals surface area contributed by atoms with Gasteiger partial charge < -0.3 is 14.8 Å². The maximum atomic E-state index is 12.3. The van der Waals surface area contributed by atoms with Crippen LogP contribution >= 0.6 is 0 Å². The molecule has 1 heterocycles. The number of carboxylic acids is 1. The van der Waals surface area contributed by atoms with Gasteiger partial charge in [0.25, 0.3) is 6.43 Å². The van der Waals surface area contributed by atoms with E-state index < -0.39 is 29.9 Å². The van der Waals surface area contributed by atoms with Gasteiger partial charge in [-0.25, -0.2) is 8.78 Å². The first-order chi connectivity index (χ1) is 7.45. The maximum absolute atomic E-state index is 12.3. The monoisotopic (exact) mass is 233 g/mol. The number of aromatic nitrogens is 1. The van der Waals surface area contributed by atoms with Crippen molar-refractivity contribution in [3.63, 3.8) is 0 Å². The molecule has 1 aromatic heterocycles. The zero-order valence-corrected chi connectivity index (χ0v) is 8.29. The molecule has 0 spiro atoms. The topological polar surface area (TPSA) is 79.4 Å². The van der Waals surface area contributed by atoms with Crippen LogP contribution in [0.3, 0.4) is 0 Å². The Kier molecular flexibility index (Phi) is 3.60. The Labute approximate surface area is 88.7 Å². The fraction of sp³-hybridized carbons (Fsp3) is 0.333. The number of nitrogens with one attached hydrogen (secondary N) is 1. The summed E-state index contributed by atoms with van der Waals surface area (Å²) in [6, 6.07) is 0.672. The van der Waals surface area contributed by atoms with Crippen LogP contribution in [0.2, 0.25) is 0 Å². The first kappa shape index (κ1) is 12.2. The fourth-order valence-electron chi connectivity index (χ4n) is 1.19. The van der Waals surface area contributed by atoms with E-state index in [9.17, 15) is 18.4 Å². The average Bonchev–Trinajstić information content (AvgIpc) is 2.19. The summed E-state index contributed by atoms with van der Waals surface area (Å²) in [5.74, 6) is -1.49. The highest BCUT2D eigenvalue weighted by atomic mass is 19.3. The van der Waals surface area contributed by atoms with Crippen LogP contribution in [-0.2, 0) is 11.2 Å². The summed E-state index contributed by atoms with van der Waals surface area (Å²) >= 11 is 0. The van der Waals surface area contributed by atoms with Crippen molar-refractivity contribution in [3.8, 4) is 5.88 Å². The van der Waals surface area contributed by atoms with Crippen LogP contribution in [0.25, 0.3) is 0 Å². The summed E-state index contributed by atoms with van der Waals surface area (Å²) in [5.41, 5.74) is -1.57. The van der Waals surface area contributed by atoms with E-state index >= 15 is 0 Å². The minimum atomic E-state index is -2.85. The molecule has 1 rings (SSSR count). The Bertz CT molecular complexity index is 455. The van der Waals surface area contributed by atoms with Crippen molar-refractivity contribution in [2.75, 3.05) is 7.11 Å². The van der Waals surface area contributed by atoms with Gasteiger partial charge in [0.1, 0.15) is 0 Å². The van der Waals surface area contributed by atoms with Crippen molar-refractivity contribution in [1.82, 2.24) is 4.98 Å². The summed E-state index contributed by atoms with van der Waals surface area (Å²) in [5, 5.41) is 8.53. The van der Waals surface area contributed by atoms with Crippen molar-refractivity contribution in [3.05, 3.63) is 27.5 Å². The maximum Gasteiger partial charge on any atom is 0.308 e. The zero-order valence-electron chi connectivity index (χ0n) is 8.29. The Morgan fingerprint density at radius 2 is 2.25 bits per heavy atom. The Morgan fingerprint density at radius 3 is 2.69 bits per heavy atom. The molecule has 0 amide bonds. The van der Waals surface area contributed by atoms with E-state index in [1.807, 2.05) is 0 Å². The molecule has 0 aliphatic rings. The van der Waals surface area contributed by atoms with E-state index in [2.05, 4.69) is 9.72 Å². The lowest BCUT2D eigenvalue weighted by atomic mass is 10.1. The van der Waals surface area contributed by atoms with Crippen LogP contribution in [0, 0.1) is 0 Å². The van der Waals surface area contributed by atoms with Crippen molar-refractivity contribution in [1.29, 1.82) is 0 Å². The average molecular weight is 233 g/mol. The quantitative estimate of drug-likeness (QED) is 0.811. The van der Waals surface area contributed by atoms with Gasteiger partial charge in [-0.3, -0.25) is 9.59 Å². The zero-order chi connectivity index (χ0) is 12.3. The van der Waals surface area contributed by atoms with Gasteiger partial charge in [-0.2, -0.15) is 0 Å². The van der Waals surface area contributed by atoms with Crippen LogP contribution in [-0.4, -0.2) is 23.2 Å². The van der Waals surface area contributed by atoms with Gasteiger partial charge in [-0.05, 0) is 0 Å². The number of alkyl halides is 2. The van der Waals surface area contributed by atoms with E-state index in [0.29, 0.717) is 6.07 Å². The predicted molar refractivity (Wildman–Crippen MR) is 49.9 cm³/mol. The second-order valence-corrected chi connectivity index (χ2v) is 2.97. The van der Waals surface area contributed by atoms with Crippen LogP contribution in [0.4, 0.5) is 8.78 Å². The summed E-state index contributed by atoms with van der Waals surface area (Å²) in [6.45, 7) is 0. The number of carbonyl (C=O) groups is 1. The highest BCUT2D eigenvalue weighted by Crippen LogP contribution is 2.19. The van der Waals surface area contributed by atoms with E-state index in [1.165, 1.54) is 0 Å². The summed E-state index contributed by atoms with van der Waals surface area (Å²) in [6.07, 6.45) is -3.43. The molecule has 0 saturated carbocycles. The summed E-state index contributed by atoms with van der Waals surface area (Å²) < 4.78 is 29.3. The Morgan fingerprint density at radius 1 is 1.62 bits per heavy atom. The smallest absolute Gasteiger partial charge is 0.308 e. The Hall–Kier alpha value is -1.92. The van der Waals surface area contributed by atoms with Crippen molar-refractivity contribution >= 4 is 5.97 Å². The van der Waals surface area contributed by atoms with Crippen LogP contribution in [0.1, 0.15) is 17.7 Å². The number of hydrogen-bond donors (Lipinski definition) is 2. The number of H-pyrrole nitrogens is 1. The molecule has 0 unspecified atom stereocenters. The van der Waals surface area contributed by atoms with E-state index in [0.717, 1.165) is 7.11 Å². The number of carboxylic acid groups (broad SMARTS) is 1. The molecule has 0 aliphatic heterocycles. The molecule has 2 N–H and O–H groups in total. The molecule has 0 saturated heterocycles. The number of aliphatic carboxylic acids is 1. The SMILES string of the molecule is COc1[nH]c(C(F)F)cc(=O)c1CC(=O)O. The molecule has 88 valence electrons. The molecule has 0 atom stereocenters. The standard InChI is InChI=1S/C9H9F2NO4/c1-16-9-4(2-7(14)15)6(13)3-5(12-9)8(10)11/h3,8H,2H2,1H3,(H,12,13)(H,14,15). The minimum Gasteiger partial charge on any atom is -0.482 e. The van der Waals surface area contributed by atoms with Gasteiger partial charge in [0.15, 0.2) is 11.3 Å². The van der Waals surface area contributed by atoms with Crippen molar-refractivity contribution < 1.29 is 23.4 Å². The lowest BCUT2D eigenvalue weighted by Crippen LogP contribution is -2.17. The highest BCUT2D eigenvalue weighted by Gasteiger charge is 2.17. The number of methoxy groups -OCH3 is 1. The van der Waals surface area contributed by atoms with E-state index in [-0.39, 0.29) is 11.4 Å². The molecular weight excluding hydrogens is 224 g/mol. The lowest BCUT2D eigenvalue weighted by Gasteiger charge is -2.08. The molecule has 0 aromatic carbocycles. The molecule has 16 heavy (non-hydrogen) atoms. The molecule has 5 nitrogen and oxygen atoms in total. The van der Waals surface area contributed by atoms with E-state index in [1.54, 1.807) is 0 Å². The fourth-order valence-corrected chi connectivity index (χ4v) is 1.19. The highest BCUT2D eigenvalue weighted by molar-refractivity contribution is 5.71. The van der Waals surface area contributed by atoms with Crippen LogP contribution in [0.15, 0.2) is 10.9 Å². The van der Waals surface area contributed by atoms with E-state index in [4.69, 9.17) is 5.11 Å². The number of rotatable bonds is 4. The molecular formula is C9H9F2NO4. The third-order valence-electron chi connectivity index (χ3n) is 1.88. The third kappa shape index (κ3) is 2.56. The number of pyridine rings is 1. The van der Waals surface area contributed by atoms with Gasteiger partial charge in [-0.1, -0.05) is 0 Å². The van der Waals surface area contributed by atoms with Gasteiger partial charge in [-0.15, -0.1) is 0 Å². The first-order valence-corrected chi connectivity index (χ1v) is 4.25. The third-order valence-corrected chi connectivity index (χ3v) is 1.88. The lowest BCUT2D eigenvalue weighted by molar-refractivity contribution is -0.136. The molecule has 7 heteroatoms. The van der Waals surface area contributed by atoms with Gasteiger partial charge in [0.2, 0.25) is 0 Å². The van der Waals surface area contributed by atoms with Crippen LogP contribution < -0.4 is 10.2 Å². The predicted octanol–water partition coefficient (Wildman–Crippen LogP) is 0.948. The van der Waals surface area contributed by atoms with Gasteiger partial charge >= 0.3 is 5.97 Å². The second-order valence-electron chi connectivity index (χ2n) is 2.97.